The van der Waals surface area contributed by atoms with Gasteiger partial charge in [0, 0.05) is 56.9 Å². The molecule has 0 unspecified atom stereocenters. The Balaban J connectivity index is 1.47. The van der Waals surface area contributed by atoms with Crippen molar-refractivity contribution in [1.82, 2.24) is 15.6 Å². The molecular weight excluding hydrogens is 574 g/mol. The summed E-state index contributed by atoms with van der Waals surface area (Å²) in [6.45, 7) is 4.84. The van der Waals surface area contributed by atoms with E-state index in [2.05, 4.69) is 15.6 Å². The number of aromatic nitrogens is 1. The lowest BCUT2D eigenvalue weighted by Gasteiger charge is -2.44. The zero-order valence-electron chi connectivity index (χ0n) is 24.8. The summed E-state index contributed by atoms with van der Waals surface area (Å²) in [4.78, 5) is 63.6. The third-order valence-corrected chi connectivity index (χ3v) is 6.79. The number of rotatable bonds is 11. The number of hydrogen-bond acceptors (Lipinski definition) is 10. The van der Waals surface area contributed by atoms with Crippen molar-refractivity contribution in [3.63, 3.8) is 0 Å². The Labute approximate surface area is 253 Å². The molecule has 1 aliphatic rings. The Hall–Kier alpha value is -4.91. The molecule has 5 atom stereocenters. The lowest BCUT2D eigenvalue weighted by molar-refractivity contribution is -0.257. The maximum absolute atomic E-state index is 12.8. The van der Waals surface area contributed by atoms with Gasteiger partial charge < -0.3 is 39.3 Å². The molecular formula is C31H35N3O10. The van der Waals surface area contributed by atoms with E-state index in [1.807, 2.05) is 30.5 Å². The number of amides is 2. The highest BCUT2D eigenvalue weighted by Gasteiger charge is 2.52. The lowest BCUT2D eigenvalue weighted by atomic mass is 9.96. The van der Waals surface area contributed by atoms with E-state index >= 15 is 0 Å². The average Bonchev–Trinajstić information content (AvgIpc) is 3.38. The summed E-state index contributed by atoms with van der Waals surface area (Å²) in [6, 6.07) is 13.0. The monoisotopic (exact) mass is 609 g/mol. The van der Waals surface area contributed by atoms with Crippen molar-refractivity contribution in [2.75, 3.05) is 13.2 Å². The first-order valence-electron chi connectivity index (χ1n) is 14.0. The summed E-state index contributed by atoms with van der Waals surface area (Å²) < 4.78 is 28.0. The van der Waals surface area contributed by atoms with Gasteiger partial charge in [0.15, 0.2) is 12.2 Å². The van der Waals surface area contributed by atoms with Crippen LogP contribution in [0, 0.1) is 0 Å². The molecule has 234 valence electrons. The second kappa shape index (κ2) is 14.5. The first-order chi connectivity index (χ1) is 21.0. The van der Waals surface area contributed by atoms with Crippen LogP contribution in [-0.2, 0) is 44.5 Å². The Kier molecular flexibility index (Phi) is 10.6. The summed E-state index contributed by atoms with van der Waals surface area (Å²) in [7, 11) is 0. The van der Waals surface area contributed by atoms with E-state index < -0.39 is 54.5 Å². The predicted molar refractivity (Wildman–Crippen MR) is 155 cm³/mol. The maximum Gasteiger partial charge on any atom is 0.303 e. The molecule has 2 amide bonds. The zero-order valence-corrected chi connectivity index (χ0v) is 24.8. The molecule has 13 heteroatoms. The fourth-order valence-electron chi connectivity index (χ4n) is 4.96. The largest absolute Gasteiger partial charge is 0.463 e. The molecule has 3 aromatic rings. The van der Waals surface area contributed by atoms with Gasteiger partial charge in [-0.25, -0.2) is 0 Å². The van der Waals surface area contributed by atoms with Gasteiger partial charge in [-0.15, -0.1) is 0 Å². The van der Waals surface area contributed by atoms with Crippen LogP contribution in [0.25, 0.3) is 10.9 Å². The number of carbonyl (C=O) groups excluding carboxylic acids is 5. The minimum atomic E-state index is -1.27. The van der Waals surface area contributed by atoms with Crippen molar-refractivity contribution < 1.29 is 47.7 Å². The number of fused-ring (bicyclic) bond motifs is 1. The topological polar surface area (TPSA) is 171 Å². The summed E-state index contributed by atoms with van der Waals surface area (Å²) in [5.41, 5.74) is 2.52. The number of H-pyrrole nitrogens is 1. The van der Waals surface area contributed by atoms with E-state index in [9.17, 15) is 24.0 Å². The highest BCUT2D eigenvalue weighted by atomic mass is 16.7. The Bertz CT molecular complexity index is 1500. The summed E-state index contributed by atoms with van der Waals surface area (Å²) in [5, 5.41) is 6.65. The van der Waals surface area contributed by atoms with E-state index in [-0.39, 0.29) is 18.3 Å². The van der Waals surface area contributed by atoms with E-state index in [0.29, 0.717) is 18.5 Å². The molecule has 0 aliphatic carbocycles. The molecule has 0 spiro atoms. The fourth-order valence-corrected chi connectivity index (χ4v) is 4.96. The fraction of sp³-hybridized carbons (Fsp3) is 0.387. The predicted octanol–water partition coefficient (Wildman–Crippen LogP) is 2.18. The second-order valence-corrected chi connectivity index (χ2v) is 10.2. The zero-order chi connectivity index (χ0) is 31.8. The summed E-state index contributed by atoms with van der Waals surface area (Å²) in [6.07, 6.45) is -2.28. The lowest BCUT2D eigenvalue weighted by Crippen LogP contribution is -2.67. The molecule has 0 radical (unpaired) electrons. The van der Waals surface area contributed by atoms with Gasteiger partial charge in [-0.3, -0.25) is 24.0 Å². The van der Waals surface area contributed by atoms with E-state index in [0.717, 1.165) is 30.3 Å². The molecule has 4 rings (SSSR count). The molecule has 0 saturated carbocycles. The van der Waals surface area contributed by atoms with Crippen LogP contribution < -0.4 is 15.4 Å². The van der Waals surface area contributed by atoms with Crippen LogP contribution in [0.3, 0.4) is 0 Å². The highest BCUT2D eigenvalue weighted by molar-refractivity contribution is 5.94. The van der Waals surface area contributed by atoms with Crippen LogP contribution in [0.1, 0.15) is 43.6 Å². The van der Waals surface area contributed by atoms with Gasteiger partial charge in [-0.05, 0) is 42.3 Å². The van der Waals surface area contributed by atoms with Gasteiger partial charge in [0.2, 0.25) is 12.2 Å². The SMILES string of the molecule is CC(=O)N[C@H]1[C@H](Oc2ccc(C(=O)NCCc3c[nH]c4ccccc34)cc2)O[C@H](COC(C)=O)[C@@H](OC(C)=O)[C@@H]1OC(C)=O. The summed E-state index contributed by atoms with van der Waals surface area (Å²) >= 11 is 0. The number of benzene rings is 2. The number of nitrogens with one attached hydrogen (secondary N) is 3. The Morgan fingerprint density at radius 3 is 2.20 bits per heavy atom. The van der Waals surface area contributed by atoms with Crippen molar-refractivity contribution >= 4 is 40.6 Å². The van der Waals surface area contributed by atoms with Gasteiger partial charge in [-0.1, -0.05) is 18.2 Å². The quantitative estimate of drug-likeness (QED) is 0.216. The number of ether oxygens (including phenoxy) is 5. The number of esters is 3. The molecule has 44 heavy (non-hydrogen) atoms. The molecule has 1 saturated heterocycles. The van der Waals surface area contributed by atoms with E-state index in [1.165, 1.54) is 13.8 Å². The number of aromatic amines is 1. The van der Waals surface area contributed by atoms with Crippen molar-refractivity contribution in [3.8, 4) is 5.75 Å². The molecule has 2 aromatic carbocycles. The van der Waals surface area contributed by atoms with Crippen LogP contribution in [0.15, 0.2) is 54.7 Å². The third kappa shape index (κ3) is 8.34. The van der Waals surface area contributed by atoms with Crippen molar-refractivity contribution in [2.24, 2.45) is 0 Å². The summed E-state index contributed by atoms with van der Waals surface area (Å²) in [5.74, 6) is -2.55. The third-order valence-electron chi connectivity index (χ3n) is 6.79. The molecule has 1 aliphatic heterocycles. The normalized spacial score (nSPS) is 21.1. The minimum absolute atomic E-state index is 0.263. The van der Waals surface area contributed by atoms with E-state index in [1.54, 1.807) is 24.3 Å². The van der Waals surface area contributed by atoms with Gasteiger partial charge in [0.1, 0.15) is 24.5 Å². The molecule has 0 bridgehead atoms. The first kappa shape index (κ1) is 32.0. The smallest absolute Gasteiger partial charge is 0.303 e. The molecule has 2 heterocycles. The minimum Gasteiger partial charge on any atom is -0.463 e. The highest BCUT2D eigenvalue weighted by Crippen LogP contribution is 2.29. The van der Waals surface area contributed by atoms with Crippen LogP contribution in [-0.4, -0.2) is 78.5 Å². The first-order valence-corrected chi connectivity index (χ1v) is 14.0. The van der Waals surface area contributed by atoms with Crippen LogP contribution >= 0.6 is 0 Å². The van der Waals surface area contributed by atoms with Crippen LogP contribution in [0.2, 0.25) is 0 Å². The Morgan fingerprint density at radius 1 is 0.864 bits per heavy atom. The molecule has 3 N–H and O–H groups in total. The second-order valence-electron chi connectivity index (χ2n) is 10.2. The molecule has 1 aromatic heterocycles. The van der Waals surface area contributed by atoms with Crippen molar-refractivity contribution in [1.29, 1.82) is 0 Å². The van der Waals surface area contributed by atoms with Crippen LogP contribution in [0.4, 0.5) is 0 Å². The van der Waals surface area contributed by atoms with Crippen molar-refractivity contribution in [2.45, 2.75) is 64.8 Å². The van der Waals surface area contributed by atoms with Gasteiger partial charge in [-0.2, -0.15) is 0 Å². The standard InChI is InChI=1S/C31H35N3O10/c1-17(35)34-27-29(42-20(4)38)28(41-19(3)37)26(16-40-18(2)36)44-31(27)43-23-11-9-21(10-12-23)30(39)32-14-13-22-15-33-25-8-6-5-7-24(22)25/h5-12,15,26-29,31,33H,13-14,16H2,1-4H3,(H,32,39)(H,34,35)/t26-,27-,28-,29-,31-/m1/s1. The van der Waals surface area contributed by atoms with Crippen LogP contribution in [0.5, 0.6) is 5.75 Å². The number of carbonyl (C=O) groups is 5. The maximum atomic E-state index is 12.8. The molecule has 13 nitrogen and oxygen atoms in total. The Morgan fingerprint density at radius 2 is 1.55 bits per heavy atom. The average molecular weight is 610 g/mol. The van der Waals surface area contributed by atoms with Gasteiger partial charge in [0.25, 0.3) is 5.91 Å². The van der Waals surface area contributed by atoms with E-state index in [4.69, 9.17) is 23.7 Å². The molecule has 1 fully saturated rings. The number of hydrogen-bond donors (Lipinski definition) is 3. The van der Waals surface area contributed by atoms with Gasteiger partial charge >= 0.3 is 17.9 Å². The van der Waals surface area contributed by atoms with Gasteiger partial charge in [0.05, 0.1) is 0 Å². The number of para-hydroxylation sites is 1. The van der Waals surface area contributed by atoms with Crippen molar-refractivity contribution in [3.05, 3.63) is 65.9 Å².